The number of benzene rings is 9. The molecule has 0 aliphatic carbocycles. The second-order valence-corrected chi connectivity index (χ2v) is 28.6. The van der Waals surface area contributed by atoms with E-state index in [2.05, 4.69) is 280 Å². The molecular formula is C72H73BN2S. The molecule has 0 atom stereocenters. The van der Waals surface area contributed by atoms with Crippen LogP contribution in [-0.4, -0.2) is 15.8 Å². The molecule has 0 amide bonds. The largest absolute Gasteiger partial charge is 0.310 e. The van der Waals surface area contributed by atoms with Gasteiger partial charge >= 0.3 is 0 Å². The first kappa shape index (κ1) is 49.8. The van der Waals surface area contributed by atoms with Crippen molar-refractivity contribution in [1.82, 2.24) is 9.13 Å². The molecule has 0 fully saturated rings. The van der Waals surface area contributed by atoms with Crippen molar-refractivity contribution in [2.24, 2.45) is 0 Å². The average Bonchev–Trinajstić information content (AvgIpc) is 4.07. The summed E-state index contributed by atoms with van der Waals surface area (Å²) in [5.41, 5.74) is 19.7. The van der Waals surface area contributed by atoms with E-state index < -0.39 is 10.0 Å². The highest BCUT2D eigenvalue weighted by molar-refractivity contribution is 8.34. The van der Waals surface area contributed by atoms with Crippen molar-refractivity contribution >= 4 is 76.7 Å². The molecular weight excluding hydrogens is 936 g/mol. The Bertz CT molecular complexity index is 3820. The summed E-state index contributed by atoms with van der Waals surface area (Å²) in [5.74, 6) is 0. The fraction of sp³-hybridized carbons (Fsp3) is 0.250. The molecule has 4 heteroatoms. The fourth-order valence-electron chi connectivity index (χ4n) is 12.6. The van der Waals surface area contributed by atoms with Crippen LogP contribution in [0.2, 0.25) is 0 Å². The van der Waals surface area contributed by atoms with Crippen LogP contribution in [0.5, 0.6) is 0 Å². The molecule has 0 unspecified atom stereocenters. The molecule has 0 bridgehead atoms. The van der Waals surface area contributed by atoms with E-state index in [1.54, 1.807) is 0 Å². The highest BCUT2D eigenvalue weighted by atomic mass is 32.3. The van der Waals surface area contributed by atoms with Crippen LogP contribution >= 0.6 is 10.0 Å². The minimum absolute atomic E-state index is 0.00508. The summed E-state index contributed by atoms with van der Waals surface area (Å²) in [5, 5.41) is 5.35. The van der Waals surface area contributed by atoms with Gasteiger partial charge in [-0.15, -0.1) is 10.0 Å². The highest BCUT2D eigenvalue weighted by Crippen LogP contribution is 2.73. The Morgan fingerprint density at radius 1 is 0.329 bits per heavy atom. The summed E-state index contributed by atoms with van der Waals surface area (Å²) in [7, 11) is -1.93. The number of nitrogens with zero attached hydrogens (tertiary/aromatic N) is 2. The zero-order valence-corrected chi connectivity index (χ0v) is 48.1. The SMILES string of the molecule is CC.CC(C)(C)c1ccc2c(c1)c1cc(C(C)(C)C)cc3c1n2-c1cc(-c2cccc(S(c4ccccc4)(c4ccccc4)c4ccccc4)c2)cc2c1B3c1cc(C(C)(C)C)cc3c4cc(C(C)(C)C)ccc4n-2c13. The molecule has 9 aromatic carbocycles. The van der Waals surface area contributed by atoms with Crippen molar-refractivity contribution in [2.45, 2.75) is 138 Å². The standard InChI is InChI=1S/C70H67BN2S.C2H6/c1-67(2,3)46-31-33-60-54(38-46)56-40-48(69(7,8)9)42-58-65(56)72(60)62-36-45(44-23-22-30-53(35-44)74(50-24-16-13-17-25-50,51-26-18-14-19-27-51)52-28-20-15-21-29-52)37-63-64(62)71(58)59-43-49(70(10,11)12)41-57-55-39-47(68(4,5)6)32-34-61(55)73(63)66(57)59;1-2/h13-43H,1-12H3;1-2H3. The monoisotopic (exact) mass is 1010 g/mol. The molecule has 76 heavy (non-hydrogen) atoms. The molecule has 380 valence electrons. The first-order valence-electron chi connectivity index (χ1n) is 27.8. The van der Waals surface area contributed by atoms with E-state index in [9.17, 15) is 0 Å². The molecule has 2 nitrogen and oxygen atoms in total. The minimum Gasteiger partial charge on any atom is -0.310 e. The maximum absolute atomic E-state index is 2.67. The van der Waals surface area contributed by atoms with Gasteiger partial charge < -0.3 is 9.13 Å². The molecule has 0 spiro atoms. The predicted molar refractivity (Wildman–Crippen MR) is 331 cm³/mol. The molecule has 2 aromatic heterocycles. The van der Waals surface area contributed by atoms with Crippen LogP contribution in [0.25, 0.3) is 66.1 Å². The van der Waals surface area contributed by atoms with Gasteiger partial charge in [0.05, 0.1) is 11.0 Å². The minimum atomic E-state index is -1.93. The third kappa shape index (κ3) is 7.52. The van der Waals surface area contributed by atoms with Crippen LogP contribution in [0.1, 0.15) is 119 Å². The number of rotatable bonds is 5. The van der Waals surface area contributed by atoms with Crippen LogP contribution in [0.3, 0.4) is 0 Å². The third-order valence-corrected chi connectivity index (χ3v) is 20.5. The lowest BCUT2D eigenvalue weighted by atomic mass is 9.34. The van der Waals surface area contributed by atoms with Crippen LogP contribution in [-0.2, 0) is 21.7 Å². The second kappa shape index (κ2) is 17.5. The summed E-state index contributed by atoms with van der Waals surface area (Å²) in [6, 6.07) is 73.4. The van der Waals surface area contributed by atoms with Gasteiger partial charge in [-0.3, -0.25) is 0 Å². The van der Waals surface area contributed by atoms with E-state index in [1.807, 2.05) is 13.8 Å². The lowest BCUT2D eigenvalue weighted by Crippen LogP contribution is -2.59. The van der Waals surface area contributed by atoms with Gasteiger partial charge in [-0.05, 0) is 168 Å². The molecule has 2 aliphatic rings. The van der Waals surface area contributed by atoms with E-state index in [0.29, 0.717) is 0 Å². The zero-order chi connectivity index (χ0) is 53.4. The lowest BCUT2D eigenvalue weighted by molar-refractivity contribution is 0.590. The van der Waals surface area contributed by atoms with Crippen LogP contribution < -0.4 is 16.4 Å². The summed E-state index contributed by atoms with van der Waals surface area (Å²) in [6.07, 6.45) is 0. The predicted octanol–water partition coefficient (Wildman–Crippen LogP) is 18.2. The van der Waals surface area contributed by atoms with Gasteiger partial charge in [-0.25, -0.2) is 0 Å². The van der Waals surface area contributed by atoms with E-state index in [4.69, 9.17) is 0 Å². The Kier molecular flexibility index (Phi) is 11.5. The Labute approximate surface area is 454 Å². The van der Waals surface area contributed by atoms with Gasteiger partial charge in [0, 0.05) is 63.5 Å². The topological polar surface area (TPSA) is 9.86 Å². The van der Waals surface area contributed by atoms with Gasteiger partial charge in [0.2, 0.25) is 0 Å². The van der Waals surface area contributed by atoms with E-state index in [1.165, 1.54) is 124 Å². The molecule has 4 heterocycles. The fourth-order valence-corrected chi connectivity index (χ4v) is 16.5. The van der Waals surface area contributed by atoms with E-state index in [0.717, 1.165) is 0 Å². The highest BCUT2D eigenvalue weighted by Gasteiger charge is 2.43. The van der Waals surface area contributed by atoms with Crippen molar-refractivity contribution < 1.29 is 0 Å². The maximum atomic E-state index is 2.67. The summed E-state index contributed by atoms with van der Waals surface area (Å²) >= 11 is 0. The van der Waals surface area contributed by atoms with Crippen molar-refractivity contribution in [3.05, 3.63) is 210 Å². The molecule has 0 N–H and O–H groups in total. The Morgan fingerprint density at radius 2 is 0.697 bits per heavy atom. The Balaban J connectivity index is 0.00000288. The number of hydrogen-bond donors (Lipinski definition) is 0. The van der Waals surface area contributed by atoms with Gasteiger partial charge in [-0.1, -0.05) is 188 Å². The third-order valence-electron chi connectivity index (χ3n) is 16.6. The summed E-state index contributed by atoms with van der Waals surface area (Å²) in [4.78, 5) is 5.28. The van der Waals surface area contributed by atoms with Gasteiger partial charge in [-0.2, -0.15) is 0 Å². The summed E-state index contributed by atoms with van der Waals surface area (Å²) < 4.78 is 5.35. The zero-order valence-electron chi connectivity index (χ0n) is 47.3. The molecule has 2 aliphatic heterocycles. The molecule has 11 aromatic rings. The van der Waals surface area contributed by atoms with Gasteiger partial charge in [0.15, 0.2) is 0 Å². The van der Waals surface area contributed by atoms with Crippen molar-refractivity contribution in [1.29, 1.82) is 0 Å². The smallest absolute Gasteiger partial charge is 0.252 e. The number of aromatic nitrogens is 2. The second-order valence-electron chi connectivity index (χ2n) is 25.5. The van der Waals surface area contributed by atoms with Crippen LogP contribution in [0, 0.1) is 0 Å². The molecule has 13 rings (SSSR count). The Hall–Kier alpha value is -7.01. The van der Waals surface area contributed by atoms with Crippen molar-refractivity contribution in [3.8, 4) is 22.5 Å². The van der Waals surface area contributed by atoms with Crippen molar-refractivity contribution in [3.63, 3.8) is 0 Å². The number of hydrogen-bond acceptors (Lipinski definition) is 0. The summed E-state index contributed by atoms with van der Waals surface area (Å²) in [6.45, 7) is 32.4. The first-order valence-corrected chi connectivity index (χ1v) is 29.4. The van der Waals surface area contributed by atoms with Crippen molar-refractivity contribution in [2.75, 3.05) is 0 Å². The van der Waals surface area contributed by atoms with E-state index in [-0.39, 0.29) is 28.4 Å². The molecule has 0 radical (unpaired) electrons. The van der Waals surface area contributed by atoms with Gasteiger partial charge in [0.1, 0.15) is 0 Å². The van der Waals surface area contributed by atoms with E-state index >= 15 is 0 Å². The normalized spacial score (nSPS) is 13.6. The quantitative estimate of drug-likeness (QED) is 0.152. The van der Waals surface area contributed by atoms with Crippen LogP contribution in [0.15, 0.2) is 208 Å². The average molecular weight is 1010 g/mol. The molecule has 0 saturated heterocycles. The molecule has 0 saturated carbocycles. The first-order chi connectivity index (χ1) is 36.2. The van der Waals surface area contributed by atoms with Crippen LogP contribution in [0.4, 0.5) is 0 Å². The Morgan fingerprint density at radius 3 is 1.08 bits per heavy atom. The maximum Gasteiger partial charge on any atom is 0.252 e. The number of fused-ring (bicyclic) bond motifs is 10. The van der Waals surface area contributed by atoms with Gasteiger partial charge in [0.25, 0.3) is 6.71 Å². The lowest BCUT2D eigenvalue weighted by Gasteiger charge is -2.42.